The monoisotopic (exact) mass is 357 g/mol. The highest BCUT2D eigenvalue weighted by molar-refractivity contribution is 6.33. The van der Waals surface area contributed by atoms with E-state index in [0.717, 1.165) is 27.8 Å². The lowest BCUT2D eigenvalue weighted by Gasteiger charge is -2.19. The number of anilines is 1. The molecule has 0 heterocycles. The van der Waals surface area contributed by atoms with E-state index in [1.165, 1.54) is 0 Å². The molecule has 3 nitrogen and oxygen atoms in total. The third-order valence-corrected chi connectivity index (χ3v) is 4.83. The Labute approximate surface area is 157 Å². The Morgan fingerprint density at radius 2 is 1.42 bits per heavy atom. The molecule has 0 atom stereocenters. The molecule has 0 radical (unpaired) electrons. The number of rotatable bonds is 2. The van der Waals surface area contributed by atoms with E-state index in [-0.39, 0.29) is 11.3 Å². The summed E-state index contributed by atoms with van der Waals surface area (Å²) >= 11 is 6.39. The van der Waals surface area contributed by atoms with E-state index >= 15 is 0 Å². The first-order valence-corrected chi connectivity index (χ1v) is 8.45. The van der Waals surface area contributed by atoms with E-state index in [4.69, 9.17) is 17.3 Å². The van der Waals surface area contributed by atoms with E-state index in [1.54, 1.807) is 6.07 Å². The Bertz CT molecular complexity index is 1080. The van der Waals surface area contributed by atoms with Gasteiger partial charge in [0.15, 0.2) is 0 Å². The van der Waals surface area contributed by atoms with Crippen molar-refractivity contribution in [1.29, 1.82) is 10.5 Å². The van der Waals surface area contributed by atoms with Crippen molar-refractivity contribution in [2.24, 2.45) is 0 Å². The van der Waals surface area contributed by atoms with Gasteiger partial charge in [0, 0.05) is 21.7 Å². The van der Waals surface area contributed by atoms with Crippen LogP contribution in [-0.2, 0) is 0 Å². The Morgan fingerprint density at radius 3 is 2.00 bits per heavy atom. The standard InChI is InChI=1S/C22H16ClN3/c1-13-7-9-15(10-8-13)20-14(2)21(16-5-3-4-6-19(16)23)18(12-25)22(26)17(20)11-24/h3-10H,26H2,1-2H3. The molecule has 126 valence electrons. The quantitative estimate of drug-likeness (QED) is 0.605. The summed E-state index contributed by atoms with van der Waals surface area (Å²) in [5.74, 6) is 0. The van der Waals surface area contributed by atoms with E-state index in [1.807, 2.05) is 56.3 Å². The molecule has 0 bridgehead atoms. The second kappa shape index (κ2) is 6.92. The number of halogens is 1. The van der Waals surface area contributed by atoms with Gasteiger partial charge < -0.3 is 5.73 Å². The molecule has 0 saturated carbocycles. The van der Waals surface area contributed by atoms with Crippen molar-refractivity contribution in [3.63, 3.8) is 0 Å². The molecule has 0 unspecified atom stereocenters. The molecule has 2 N–H and O–H groups in total. The minimum absolute atomic E-state index is 0.186. The molecule has 0 fully saturated rings. The predicted molar refractivity (Wildman–Crippen MR) is 106 cm³/mol. The van der Waals surface area contributed by atoms with Gasteiger partial charge in [0.2, 0.25) is 0 Å². The lowest BCUT2D eigenvalue weighted by atomic mass is 9.84. The number of aryl methyl sites for hydroxylation is 1. The van der Waals surface area contributed by atoms with Crippen molar-refractivity contribution >= 4 is 17.3 Å². The van der Waals surface area contributed by atoms with Crippen LogP contribution in [0.4, 0.5) is 5.69 Å². The fourth-order valence-corrected chi connectivity index (χ4v) is 3.44. The molecular weight excluding hydrogens is 342 g/mol. The van der Waals surface area contributed by atoms with Gasteiger partial charge in [0.25, 0.3) is 0 Å². The second-order valence-corrected chi connectivity index (χ2v) is 6.52. The van der Waals surface area contributed by atoms with E-state index in [2.05, 4.69) is 12.1 Å². The molecule has 3 aromatic carbocycles. The number of hydrogen-bond donors (Lipinski definition) is 1. The predicted octanol–water partition coefficient (Wildman–Crippen LogP) is 5.62. The third kappa shape index (κ3) is 2.80. The van der Waals surface area contributed by atoms with Crippen molar-refractivity contribution in [2.75, 3.05) is 5.73 Å². The van der Waals surface area contributed by atoms with E-state index in [0.29, 0.717) is 16.1 Å². The highest BCUT2D eigenvalue weighted by Crippen LogP contribution is 2.42. The molecule has 0 aliphatic carbocycles. The van der Waals surface area contributed by atoms with Crippen LogP contribution in [0.25, 0.3) is 22.3 Å². The zero-order chi connectivity index (χ0) is 18.8. The largest absolute Gasteiger partial charge is 0.397 e. The number of nitrogens with zero attached hydrogens (tertiary/aromatic N) is 2. The van der Waals surface area contributed by atoms with E-state index < -0.39 is 0 Å². The molecule has 0 spiro atoms. The van der Waals surface area contributed by atoms with Crippen LogP contribution in [-0.4, -0.2) is 0 Å². The smallest absolute Gasteiger partial charge is 0.102 e. The molecule has 0 aliphatic rings. The first kappa shape index (κ1) is 17.5. The molecule has 4 heteroatoms. The van der Waals surface area contributed by atoms with Gasteiger partial charge in [-0.3, -0.25) is 0 Å². The van der Waals surface area contributed by atoms with Crippen molar-refractivity contribution in [3.8, 4) is 34.4 Å². The summed E-state index contributed by atoms with van der Waals surface area (Å²) in [6.07, 6.45) is 0. The van der Waals surface area contributed by atoms with Crippen molar-refractivity contribution in [2.45, 2.75) is 13.8 Å². The maximum Gasteiger partial charge on any atom is 0.102 e. The number of benzene rings is 3. The van der Waals surface area contributed by atoms with Gasteiger partial charge in [-0.1, -0.05) is 59.6 Å². The maximum absolute atomic E-state index is 9.71. The van der Waals surface area contributed by atoms with Crippen LogP contribution in [0.1, 0.15) is 22.3 Å². The lowest BCUT2D eigenvalue weighted by Crippen LogP contribution is -2.04. The Balaban J connectivity index is 2.47. The van der Waals surface area contributed by atoms with E-state index in [9.17, 15) is 10.5 Å². The average molecular weight is 358 g/mol. The molecule has 0 saturated heterocycles. The number of hydrogen-bond acceptors (Lipinski definition) is 3. The summed E-state index contributed by atoms with van der Waals surface area (Å²) in [6, 6.07) is 19.6. The van der Waals surface area contributed by atoms with Gasteiger partial charge in [-0.05, 0) is 31.0 Å². The fourth-order valence-electron chi connectivity index (χ4n) is 3.21. The van der Waals surface area contributed by atoms with Gasteiger partial charge >= 0.3 is 0 Å². The zero-order valence-corrected chi connectivity index (χ0v) is 15.2. The molecule has 0 aromatic heterocycles. The van der Waals surface area contributed by atoms with Gasteiger partial charge in [-0.15, -0.1) is 0 Å². The van der Waals surface area contributed by atoms with Crippen molar-refractivity contribution < 1.29 is 0 Å². The van der Waals surface area contributed by atoms with Crippen LogP contribution >= 0.6 is 11.6 Å². The van der Waals surface area contributed by atoms with Crippen LogP contribution in [0.3, 0.4) is 0 Å². The number of nitrogens with two attached hydrogens (primary N) is 1. The minimum Gasteiger partial charge on any atom is -0.397 e. The second-order valence-electron chi connectivity index (χ2n) is 6.11. The molecule has 3 aromatic rings. The SMILES string of the molecule is Cc1ccc(-c2c(C)c(-c3ccccc3Cl)c(C#N)c(N)c2C#N)cc1. The van der Waals surface area contributed by atoms with Crippen LogP contribution in [0.5, 0.6) is 0 Å². The summed E-state index contributed by atoms with van der Waals surface area (Å²) in [5.41, 5.74) is 12.0. The number of nitrogen functional groups attached to an aromatic ring is 1. The molecule has 26 heavy (non-hydrogen) atoms. The number of nitriles is 2. The van der Waals surface area contributed by atoms with Gasteiger partial charge in [-0.2, -0.15) is 10.5 Å². The summed E-state index contributed by atoms with van der Waals surface area (Å²) in [7, 11) is 0. The summed E-state index contributed by atoms with van der Waals surface area (Å²) in [6.45, 7) is 3.90. The van der Waals surface area contributed by atoms with Crippen LogP contribution in [0.2, 0.25) is 5.02 Å². The average Bonchev–Trinajstić information content (AvgIpc) is 2.64. The van der Waals surface area contributed by atoms with Crippen LogP contribution < -0.4 is 5.73 Å². The molecular formula is C22H16ClN3. The first-order valence-electron chi connectivity index (χ1n) is 8.07. The summed E-state index contributed by atoms with van der Waals surface area (Å²) < 4.78 is 0. The van der Waals surface area contributed by atoms with Crippen molar-refractivity contribution in [3.05, 3.63) is 75.8 Å². The summed E-state index contributed by atoms with van der Waals surface area (Å²) in [4.78, 5) is 0. The van der Waals surface area contributed by atoms with Crippen LogP contribution in [0, 0.1) is 36.5 Å². The van der Waals surface area contributed by atoms with Crippen molar-refractivity contribution in [1.82, 2.24) is 0 Å². The summed E-state index contributed by atoms with van der Waals surface area (Å²) in [5, 5.41) is 20.0. The van der Waals surface area contributed by atoms with Gasteiger partial charge in [0.05, 0.1) is 16.8 Å². The highest BCUT2D eigenvalue weighted by atomic mass is 35.5. The van der Waals surface area contributed by atoms with Crippen LogP contribution in [0.15, 0.2) is 48.5 Å². The Kier molecular flexibility index (Phi) is 4.67. The molecule has 0 aliphatic heterocycles. The minimum atomic E-state index is 0.186. The molecule has 3 rings (SSSR count). The fraction of sp³-hybridized carbons (Fsp3) is 0.0909. The third-order valence-electron chi connectivity index (χ3n) is 4.50. The highest BCUT2D eigenvalue weighted by Gasteiger charge is 2.23. The maximum atomic E-state index is 9.71. The Hall–Kier alpha value is -3.27. The molecule has 0 amide bonds. The first-order chi connectivity index (χ1) is 12.5. The normalized spacial score (nSPS) is 10.2. The lowest BCUT2D eigenvalue weighted by molar-refractivity contribution is 1.37. The Morgan fingerprint density at radius 1 is 0.846 bits per heavy atom. The van der Waals surface area contributed by atoms with Gasteiger partial charge in [0.1, 0.15) is 12.1 Å². The zero-order valence-electron chi connectivity index (χ0n) is 14.5. The topological polar surface area (TPSA) is 73.6 Å². The van der Waals surface area contributed by atoms with Gasteiger partial charge in [-0.25, -0.2) is 0 Å².